The minimum Gasteiger partial charge on any atom is -0.475 e. The summed E-state index contributed by atoms with van der Waals surface area (Å²) < 4.78 is 10.4. The molecule has 0 aliphatic heterocycles. The number of ether oxygens (including phenoxy) is 2. The Hall–Kier alpha value is -1.58. The lowest BCUT2D eigenvalue weighted by atomic mass is 10.2. The largest absolute Gasteiger partial charge is 0.475 e. The normalized spacial score (nSPS) is 10.9. The predicted octanol–water partition coefficient (Wildman–Crippen LogP) is 3.63. The molecule has 1 aromatic heterocycles. The lowest BCUT2D eigenvalue weighted by Crippen LogP contribution is -2.36. The first-order valence-electron chi connectivity index (χ1n) is 8.55. The summed E-state index contributed by atoms with van der Waals surface area (Å²) in [5.41, 5.74) is 2.03. The zero-order valence-corrected chi connectivity index (χ0v) is 18.7. The number of aliphatic imine (C=N–C) groups is 1. The Morgan fingerprint density at radius 1 is 1.15 bits per heavy atom. The SMILES string of the molecule is CCNC(=NCc1ccc(OCCOC)nc1)NCc1ccccc1Cl.I. The van der Waals surface area contributed by atoms with Crippen molar-refractivity contribution in [1.82, 2.24) is 15.6 Å². The summed E-state index contributed by atoms with van der Waals surface area (Å²) in [6.07, 6.45) is 1.77. The molecule has 0 unspecified atom stereocenters. The third kappa shape index (κ3) is 8.77. The molecule has 0 spiro atoms. The van der Waals surface area contributed by atoms with Crippen molar-refractivity contribution in [1.29, 1.82) is 0 Å². The Balaban J connectivity index is 0.00000364. The second kappa shape index (κ2) is 13.6. The van der Waals surface area contributed by atoms with Gasteiger partial charge in [0.2, 0.25) is 5.88 Å². The second-order valence-electron chi connectivity index (χ2n) is 5.49. The number of hydrogen-bond acceptors (Lipinski definition) is 4. The quantitative estimate of drug-likeness (QED) is 0.236. The van der Waals surface area contributed by atoms with Gasteiger partial charge in [-0.3, -0.25) is 0 Å². The molecular formula is C19H26ClIN4O2. The first-order valence-corrected chi connectivity index (χ1v) is 8.93. The standard InChI is InChI=1S/C19H25ClN4O2.HI/c1-3-21-19(24-14-16-6-4-5-7-17(16)20)23-13-15-8-9-18(22-12-15)26-11-10-25-2;/h4-9,12H,3,10-11,13-14H2,1-2H3,(H2,21,23,24);1H. The van der Waals surface area contributed by atoms with Gasteiger partial charge in [-0.1, -0.05) is 35.9 Å². The van der Waals surface area contributed by atoms with Gasteiger partial charge in [0, 0.05) is 37.5 Å². The van der Waals surface area contributed by atoms with Gasteiger partial charge in [0.25, 0.3) is 0 Å². The summed E-state index contributed by atoms with van der Waals surface area (Å²) in [5.74, 6) is 1.31. The maximum absolute atomic E-state index is 6.19. The van der Waals surface area contributed by atoms with Gasteiger partial charge in [-0.15, -0.1) is 24.0 Å². The van der Waals surface area contributed by atoms with Crippen molar-refractivity contribution >= 4 is 41.5 Å². The molecule has 0 saturated heterocycles. The van der Waals surface area contributed by atoms with E-state index in [9.17, 15) is 0 Å². The molecule has 0 radical (unpaired) electrons. The molecule has 2 rings (SSSR count). The Morgan fingerprint density at radius 3 is 2.63 bits per heavy atom. The van der Waals surface area contributed by atoms with Crippen LogP contribution in [0.25, 0.3) is 0 Å². The van der Waals surface area contributed by atoms with Gasteiger partial charge in [0.15, 0.2) is 5.96 Å². The van der Waals surface area contributed by atoms with E-state index in [1.807, 2.05) is 43.3 Å². The maximum Gasteiger partial charge on any atom is 0.213 e. The maximum atomic E-state index is 6.19. The van der Waals surface area contributed by atoms with Crippen LogP contribution in [0.15, 0.2) is 47.6 Å². The number of guanidine groups is 1. The minimum atomic E-state index is 0. The monoisotopic (exact) mass is 504 g/mol. The summed E-state index contributed by atoms with van der Waals surface area (Å²) in [5, 5.41) is 7.25. The molecular weight excluding hydrogens is 479 g/mol. The highest BCUT2D eigenvalue weighted by Crippen LogP contribution is 2.14. The third-order valence-corrected chi connectivity index (χ3v) is 3.87. The number of halogens is 2. The highest BCUT2D eigenvalue weighted by atomic mass is 127. The Kier molecular flexibility index (Phi) is 11.8. The number of benzene rings is 1. The molecule has 0 amide bonds. The number of rotatable bonds is 9. The van der Waals surface area contributed by atoms with Crippen molar-refractivity contribution < 1.29 is 9.47 Å². The van der Waals surface area contributed by atoms with Crippen LogP contribution >= 0.6 is 35.6 Å². The van der Waals surface area contributed by atoms with E-state index in [1.54, 1.807) is 13.3 Å². The fourth-order valence-electron chi connectivity index (χ4n) is 2.15. The van der Waals surface area contributed by atoms with Crippen LogP contribution in [-0.2, 0) is 17.8 Å². The van der Waals surface area contributed by atoms with Crippen LogP contribution in [-0.4, -0.2) is 37.8 Å². The number of aromatic nitrogens is 1. The van der Waals surface area contributed by atoms with Crippen LogP contribution in [0.2, 0.25) is 5.02 Å². The highest BCUT2D eigenvalue weighted by Gasteiger charge is 2.02. The predicted molar refractivity (Wildman–Crippen MR) is 120 cm³/mol. The van der Waals surface area contributed by atoms with Crippen molar-refractivity contribution in [2.24, 2.45) is 4.99 Å². The average Bonchev–Trinajstić information content (AvgIpc) is 2.66. The first-order chi connectivity index (χ1) is 12.7. The molecule has 6 nitrogen and oxygen atoms in total. The number of nitrogens with zero attached hydrogens (tertiary/aromatic N) is 2. The van der Waals surface area contributed by atoms with Crippen molar-refractivity contribution in [3.63, 3.8) is 0 Å². The Labute approximate surface area is 182 Å². The Bertz CT molecular complexity index is 698. The number of pyridine rings is 1. The van der Waals surface area contributed by atoms with Crippen LogP contribution in [0.1, 0.15) is 18.1 Å². The van der Waals surface area contributed by atoms with Crippen LogP contribution in [0.4, 0.5) is 0 Å². The summed E-state index contributed by atoms with van der Waals surface area (Å²) in [6.45, 7) is 4.95. The van der Waals surface area contributed by atoms with Crippen molar-refractivity contribution in [3.8, 4) is 5.88 Å². The lowest BCUT2D eigenvalue weighted by Gasteiger charge is -2.12. The van der Waals surface area contributed by atoms with Gasteiger partial charge in [-0.2, -0.15) is 0 Å². The van der Waals surface area contributed by atoms with E-state index < -0.39 is 0 Å². The van der Waals surface area contributed by atoms with Gasteiger partial charge in [0.05, 0.1) is 13.2 Å². The van der Waals surface area contributed by atoms with Crippen LogP contribution in [0.3, 0.4) is 0 Å². The molecule has 8 heteroatoms. The molecule has 0 atom stereocenters. The van der Waals surface area contributed by atoms with Crippen molar-refractivity contribution in [2.45, 2.75) is 20.0 Å². The molecule has 0 aliphatic carbocycles. The number of methoxy groups -OCH3 is 1. The molecule has 0 fully saturated rings. The van der Waals surface area contributed by atoms with Gasteiger partial charge in [-0.25, -0.2) is 9.98 Å². The molecule has 0 aliphatic rings. The number of hydrogen-bond donors (Lipinski definition) is 2. The van der Waals surface area contributed by atoms with E-state index in [0.717, 1.165) is 28.7 Å². The van der Waals surface area contributed by atoms with Gasteiger partial charge in [0.1, 0.15) is 6.61 Å². The van der Waals surface area contributed by atoms with Gasteiger partial charge < -0.3 is 20.1 Å². The first kappa shape index (κ1) is 23.5. The molecule has 2 N–H and O–H groups in total. The van der Waals surface area contributed by atoms with Crippen molar-refractivity contribution in [2.75, 3.05) is 26.9 Å². The summed E-state index contributed by atoms with van der Waals surface area (Å²) in [4.78, 5) is 8.86. The molecule has 2 aromatic rings. The molecule has 0 bridgehead atoms. The minimum absolute atomic E-state index is 0. The lowest BCUT2D eigenvalue weighted by molar-refractivity contribution is 0.143. The van der Waals surface area contributed by atoms with Crippen LogP contribution in [0, 0.1) is 0 Å². The molecule has 0 saturated carbocycles. The molecule has 1 aromatic carbocycles. The third-order valence-electron chi connectivity index (χ3n) is 3.50. The van der Waals surface area contributed by atoms with Crippen LogP contribution in [0.5, 0.6) is 5.88 Å². The van der Waals surface area contributed by atoms with E-state index in [1.165, 1.54) is 0 Å². The topological polar surface area (TPSA) is 67.8 Å². The molecule has 148 valence electrons. The fraction of sp³-hybridized carbons (Fsp3) is 0.368. The van der Waals surface area contributed by atoms with Crippen molar-refractivity contribution in [3.05, 3.63) is 58.7 Å². The summed E-state index contributed by atoms with van der Waals surface area (Å²) >= 11 is 6.19. The van der Waals surface area contributed by atoms with Gasteiger partial charge >= 0.3 is 0 Å². The zero-order valence-electron chi connectivity index (χ0n) is 15.6. The van der Waals surface area contributed by atoms with E-state index in [0.29, 0.717) is 32.2 Å². The van der Waals surface area contributed by atoms with Crippen LogP contribution < -0.4 is 15.4 Å². The second-order valence-corrected chi connectivity index (χ2v) is 5.89. The zero-order chi connectivity index (χ0) is 18.6. The molecule has 1 heterocycles. The molecule has 27 heavy (non-hydrogen) atoms. The Morgan fingerprint density at radius 2 is 1.96 bits per heavy atom. The van der Waals surface area contributed by atoms with E-state index >= 15 is 0 Å². The van der Waals surface area contributed by atoms with Gasteiger partial charge in [-0.05, 0) is 24.1 Å². The highest BCUT2D eigenvalue weighted by molar-refractivity contribution is 14.0. The summed E-state index contributed by atoms with van der Waals surface area (Å²) in [6, 6.07) is 11.5. The van der Waals surface area contributed by atoms with E-state index in [4.69, 9.17) is 21.1 Å². The van der Waals surface area contributed by atoms with E-state index in [-0.39, 0.29) is 24.0 Å². The van der Waals surface area contributed by atoms with E-state index in [2.05, 4.69) is 20.6 Å². The average molecular weight is 505 g/mol. The fourth-order valence-corrected chi connectivity index (χ4v) is 2.35. The number of nitrogens with one attached hydrogen (secondary N) is 2. The smallest absolute Gasteiger partial charge is 0.213 e. The summed E-state index contributed by atoms with van der Waals surface area (Å²) in [7, 11) is 1.64.